The molecule has 0 saturated carbocycles. The van der Waals surface area contributed by atoms with E-state index in [4.69, 9.17) is 0 Å². The van der Waals surface area contributed by atoms with Gasteiger partial charge in [0.1, 0.15) is 0 Å². The molecule has 0 atom stereocenters. The number of aryl methyl sites for hydroxylation is 1. The Morgan fingerprint density at radius 2 is 2.36 bits per heavy atom. The molecule has 1 aliphatic rings. The number of hydrogen-bond acceptors (Lipinski definition) is 2. The van der Waals surface area contributed by atoms with Crippen LogP contribution < -0.4 is 4.90 Å². The van der Waals surface area contributed by atoms with Crippen LogP contribution in [0.15, 0.2) is 12.1 Å². The maximum atomic E-state index is 11.6. The summed E-state index contributed by atoms with van der Waals surface area (Å²) in [5.74, 6) is 0.189. The second-order valence-corrected chi connectivity index (χ2v) is 3.57. The van der Waals surface area contributed by atoms with Crippen LogP contribution >= 0.6 is 0 Å². The van der Waals surface area contributed by atoms with Crippen molar-refractivity contribution in [3.05, 3.63) is 23.5 Å². The number of nitrogens with zero attached hydrogens (tertiary/aromatic N) is 2. The summed E-state index contributed by atoms with van der Waals surface area (Å²) in [6.45, 7) is 4.66. The van der Waals surface area contributed by atoms with Gasteiger partial charge in [0.2, 0.25) is 5.91 Å². The zero-order valence-corrected chi connectivity index (χ0v) is 8.58. The Morgan fingerprint density at radius 3 is 3.07 bits per heavy atom. The minimum atomic E-state index is 0.189. The van der Waals surface area contributed by atoms with Gasteiger partial charge >= 0.3 is 0 Å². The molecular formula is C11H14N2O. The summed E-state index contributed by atoms with van der Waals surface area (Å²) in [6.07, 6.45) is 1.45. The quantitative estimate of drug-likeness (QED) is 0.675. The molecule has 0 N–H and O–H groups in total. The third-order valence-electron chi connectivity index (χ3n) is 2.56. The predicted octanol–water partition coefficient (Wildman–Crippen LogP) is 1.69. The molecule has 3 heteroatoms. The van der Waals surface area contributed by atoms with Crippen LogP contribution in [0.5, 0.6) is 0 Å². The minimum Gasteiger partial charge on any atom is -0.310 e. The van der Waals surface area contributed by atoms with Crippen molar-refractivity contribution >= 4 is 11.6 Å². The van der Waals surface area contributed by atoms with Crippen molar-refractivity contribution in [1.82, 2.24) is 4.98 Å². The maximum absolute atomic E-state index is 11.6. The van der Waals surface area contributed by atoms with Gasteiger partial charge in [0.05, 0.1) is 11.4 Å². The van der Waals surface area contributed by atoms with Gasteiger partial charge in [-0.05, 0) is 19.1 Å². The third-order valence-corrected chi connectivity index (χ3v) is 2.56. The van der Waals surface area contributed by atoms with Crippen LogP contribution in [0.2, 0.25) is 0 Å². The Morgan fingerprint density at radius 1 is 1.57 bits per heavy atom. The molecule has 0 fully saturated rings. The fourth-order valence-corrected chi connectivity index (χ4v) is 1.82. The topological polar surface area (TPSA) is 33.2 Å². The molecule has 1 amide bonds. The van der Waals surface area contributed by atoms with Gasteiger partial charge in [-0.3, -0.25) is 9.78 Å². The van der Waals surface area contributed by atoms with Crippen molar-refractivity contribution in [2.75, 3.05) is 11.4 Å². The average Bonchev–Trinajstić information content (AvgIpc) is 2.59. The number of pyridine rings is 1. The molecule has 1 aromatic heterocycles. The molecule has 14 heavy (non-hydrogen) atoms. The average molecular weight is 190 g/mol. The van der Waals surface area contributed by atoms with Gasteiger partial charge < -0.3 is 4.90 Å². The van der Waals surface area contributed by atoms with Crippen LogP contribution in [0, 0.1) is 6.92 Å². The number of carbonyl (C=O) groups is 1. The van der Waals surface area contributed by atoms with E-state index in [0.717, 1.165) is 30.0 Å². The fourth-order valence-electron chi connectivity index (χ4n) is 1.82. The van der Waals surface area contributed by atoms with Gasteiger partial charge in [0.15, 0.2) is 0 Å². The van der Waals surface area contributed by atoms with Gasteiger partial charge in [0, 0.05) is 25.1 Å². The SMILES string of the molecule is CCC(=O)N1CCc2nc(C)ccc21. The molecule has 0 aromatic carbocycles. The van der Waals surface area contributed by atoms with Crippen molar-refractivity contribution in [3.8, 4) is 0 Å². The van der Waals surface area contributed by atoms with E-state index in [1.807, 2.05) is 30.9 Å². The summed E-state index contributed by atoms with van der Waals surface area (Å²) in [5, 5.41) is 0. The highest BCUT2D eigenvalue weighted by molar-refractivity contribution is 5.94. The number of aromatic nitrogens is 1. The second kappa shape index (κ2) is 3.40. The van der Waals surface area contributed by atoms with E-state index in [2.05, 4.69) is 4.98 Å². The molecule has 0 aliphatic carbocycles. The Bertz CT molecular complexity index is 374. The van der Waals surface area contributed by atoms with Crippen molar-refractivity contribution in [3.63, 3.8) is 0 Å². The lowest BCUT2D eigenvalue weighted by Gasteiger charge is -2.15. The molecular weight excluding hydrogens is 176 g/mol. The van der Waals surface area contributed by atoms with Crippen LogP contribution in [0.3, 0.4) is 0 Å². The zero-order chi connectivity index (χ0) is 10.1. The van der Waals surface area contributed by atoms with E-state index in [9.17, 15) is 4.79 Å². The first-order valence-electron chi connectivity index (χ1n) is 4.99. The van der Waals surface area contributed by atoms with E-state index in [-0.39, 0.29) is 5.91 Å². The first-order chi connectivity index (χ1) is 6.72. The lowest BCUT2D eigenvalue weighted by atomic mass is 10.2. The Kier molecular flexibility index (Phi) is 2.23. The number of carbonyl (C=O) groups excluding carboxylic acids is 1. The Hall–Kier alpha value is -1.38. The minimum absolute atomic E-state index is 0.189. The number of anilines is 1. The van der Waals surface area contributed by atoms with Crippen molar-refractivity contribution in [1.29, 1.82) is 0 Å². The van der Waals surface area contributed by atoms with Crippen LogP contribution in [0.1, 0.15) is 24.7 Å². The van der Waals surface area contributed by atoms with E-state index in [1.54, 1.807) is 0 Å². The molecule has 2 rings (SSSR count). The summed E-state index contributed by atoms with van der Waals surface area (Å²) in [4.78, 5) is 17.8. The standard InChI is InChI=1S/C11H14N2O/c1-3-11(14)13-7-6-9-10(13)5-4-8(2)12-9/h4-5H,3,6-7H2,1-2H3. The second-order valence-electron chi connectivity index (χ2n) is 3.57. The van der Waals surface area contributed by atoms with E-state index in [1.165, 1.54) is 0 Å². The predicted molar refractivity (Wildman–Crippen MR) is 55.3 cm³/mol. The Balaban J connectivity index is 2.35. The van der Waals surface area contributed by atoms with E-state index >= 15 is 0 Å². The molecule has 0 unspecified atom stereocenters. The van der Waals surface area contributed by atoms with Crippen LogP contribution in [-0.2, 0) is 11.2 Å². The molecule has 1 aliphatic heterocycles. The first-order valence-corrected chi connectivity index (χ1v) is 4.99. The molecule has 3 nitrogen and oxygen atoms in total. The van der Waals surface area contributed by atoms with Gasteiger partial charge in [-0.25, -0.2) is 0 Å². The first kappa shape index (κ1) is 9.19. The fraction of sp³-hybridized carbons (Fsp3) is 0.455. The molecule has 0 spiro atoms. The summed E-state index contributed by atoms with van der Waals surface area (Å²) >= 11 is 0. The lowest BCUT2D eigenvalue weighted by Crippen LogP contribution is -2.27. The normalized spacial score (nSPS) is 14.3. The monoisotopic (exact) mass is 190 g/mol. The third kappa shape index (κ3) is 1.39. The van der Waals surface area contributed by atoms with Crippen LogP contribution in [0.4, 0.5) is 5.69 Å². The number of fused-ring (bicyclic) bond motifs is 1. The molecule has 0 radical (unpaired) electrons. The van der Waals surface area contributed by atoms with E-state index < -0.39 is 0 Å². The van der Waals surface area contributed by atoms with Crippen molar-refractivity contribution in [2.24, 2.45) is 0 Å². The maximum Gasteiger partial charge on any atom is 0.226 e. The van der Waals surface area contributed by atoms with Gasteiger partial charge in [-0.1, -0.05) is 6.92 Å². The zero-order valence-electron chi connectivity index (χ0n) is 8.58. The number of hydrogen-bond donors (Lipinski definition) is 0. The molecule has 1 aromatic rings. The van der Waals surface area contributed by atoms with Gasteiger partial charge in [-0.15, -0.1) is 0 Å². The highest BCUT2D eigenvalue weighted by atomic mass is 16.2. The largest absolute Gasteiger partial charge is 0.310 e. The highest BCUT2D eigenvalue weighted by Gasteiger charge is 2.24. The Labute approximate surface area is 83.8 Å². The highest BCUT2D eigenvalue weighted by Crippen LogP contribution is 2.26. The van der Waals surface area contributed by atoms with Crippen molar-refractivity contribution in [2.45, 2.75) is 26.7 Å². The number of amides is 1. The summed E-state index contributed by atoms with van der Waals surface area (Å²) < 4.78 is 0. The molecule has 74 valence electrons. The lowest BCUT2D eigenvalue weighted by molar-refractivity contribution is -0.118. The van der Waals surface area contributed by atoms with E-state index in [0.29, 0.717) is 6.42 Å². The summed E-state index contributed by atoms with van der Waals surface area (Å²) in [6, 6.07) is 3.96. The molecule has 0 saturated heterocycles. The number of rotatable bonds is 1. The van der Waals surface area contributed by atoms with Crippen LogP contribution in [-0.4, -0.2) is 17.4 Å². The van der Waals surface area contributed by atoms with Gasteiger partial charge in [0.25, 0.3) is 0 Å². The van der Waals surface area contributed by atoms with Crippen molar-refractivity contribution < 1.29 is 4.79 Å². The summed E-state index contributed by atoms with van der Waals surface area (Å²) in [7, 11) is 0. The molecule has 2 heterocycles. The van der Waals surface area contributed by atoms with Crippen LogP contribution in [0.25, 0.3) is 0 Å². The van der Waals surface area contributed by atoms with Gasteiger partial charge in [-0.2, -0.15) is 0 Å². The molecule has 0 bridgehead atoms. The smallest absolute Gasteiger partial charge is 0.226 e. The summed E-state index contributed by atoms with van der Waals surface area (Å²) in [5.41, 5.74) is 3.09.